The van der Waals surface area contributed by atoms with Crippen LogP contribution in [-0.2, 0) is 13.0 Å². The molecule has 23 heavy (non-hydrogen) atoms. The number of carbonyl (C=O) groups excluding carboxylic acids is 1. The van der Waals surface area contributed by atoms with Crippen LogP contribution in [0.2, 0.25) is 0 Å². The molecule has 0 unspecified atom stereocenters. The molecule has 2 heterocycles. The van der Waals surface area contributed by atoms with E-state index in [1.807, 2.05) is 47.4 Å². The number of hydrogen-bond acceptors (Lipinski definition) is 2. The molecule has 0 saturated carbocycles. The van der Waals surface area contributed by atoms with Crippen LogP contribution in [0.15, 0.2) is 60.9 Å². The van der Waals surface area contributed by atoms with Gasteiger partial charge in [0.2, 0.25) is 0 Å². The van der Waals surface area contributed by atoms with Crippen LogP contribution < -0.4 is 0 Å². The summed E-state index contributed by atoms with van der Waals surface area (Å²) in [5.74, 6) is 0.0723. The number of rotatable bonds is 2. The van der Waals surface area contributed by atoms with Gasteiger partial charge in [0.1, 0.15) is 0 Å². The average Bonchev–Trinajstić information content (AvgIpc) is 3.09. The SMILES string of the molecule is O=C(c1cccc(-c2ccccc2)c1)N1CCc2nc[nH]c2C1. The summed E-state index contributed by atoms with van der Waals surface area (Å²) < 4.78 is 0. The van der Waals surface area contributed by atoms with Gasteiger partial charge < -0.3 is 9.88 Å². The summed E-state index contributed by atoms with van der Waals surface area (Å²) in [5, 5.41) is 0. The Bertz CT molecular complexity index is 839. The quantitative estimate of drug-likeness (QED) is 0.790. The molecule has 0 spiro atoms. The van der Waals surface area contributed by atoms with Crippen molar-refractivity contribution in [2.45, 2.75) is 13.0 Å². The highest BCUT2D eigenvalue weighted by molar-refractivity contribution is 5.95. The number of amides is 1. The Labute approximate surface area is 134 Å². The number of hydrogen-bond donors (Lipinski definition) is 1. The molecule has 1 aliphatic rings. The standard InChI is InChI=1S/C19H17N3O/c23-19(22-10-9-17-18(12-22)21-13-20-17)16-8-4-7-15(11-16)14-5-2-1-3-6-14/h1-8,11,13H,9-10,12H2,(H,20,21). The molecule has 3 aromatic rings. The molecule has 0 bridgehead atoms. The van der Waals surface area contributed by atoms with Crippen LogP contribution in [0.1, 0.15) is 21.7 Å². The summed E-state index contributed by atoms with van der Waals surface area (Å²) in [5.41, 5.74) is 5.04. The maximum atomic E-state index is 12.8. The molecule has 2 aromatic carbocycles. The summed E-state index contributed by atoms with van der Waals surface area (Å²) in [4.78, 5) is 22.1. The number of nitrogens with zero attached hydrogens (tertiary/aromatic N) is 2. The van der Waals surface area contributed by atoms with Gasteiger partial charge in [-0.05, 0) is 23.3 Å². The van der Waals surface area contributed by atoms with E-state index in [-0.39, 0.29) is 5.91 Å². The number of nitrogens with one attached hydrogen (secondary N) is 1. The van der Waals surface area contributed by atoms with Gasteiger partial charge in [-0.15, -0.1) is 0 Å². The van der Waals surface area contributed by atoms with Crippen molar-refractivity contribution in [1.82, 2.24) is 14.9 Å². The molecule has 0 fully saturated rings. The Hall–Kier alpha value is -2.88. The maximum Gasteiger partial charge on any atom is 0.254 e. The Balaban J connectivity index is 1.60. The third-order valence-electron chi connectivity index (χ3n) is 4.28. The first-order valence-corrected chi connectivity index (χ1v) is 7.77. The second-order valence-corrected chi connectivity index (χ2v) is 5.75. The zero-order valence-corrected chi connectivity index (χ0v) is 12.7. The number of aromatic nitrogens is 2. The van der Waals surface area contributed by atoms with Gasteiger partial charge in [0.15, 0.2) is 0 Å². The molecule has 0 atom stereocenters. The first-order chi connectivity index (χ1) is 11.3. The van der Waals surface area contributed by atoms with Gasteiger partial charge in [-0.25, -0.2) is 4.98 Å². The summed E-state index contributed by atoms with van der Waals surface area (Å²) in [6.45, 7) is 1.32. The molecule has 0 aliphatic carbocycles. The number of aromatic amines is 1. The van der Waals surface area contributed by atoms with Gasteiger partial charge in [0.05, 0.1) is 24.3 Å². The molecule has 4 nitrogen and oxygen atoms in total. The number of imidazole rings is 1. The van der Waals surface area contributed by atoms with E-state index in [1.165, 1.54) is 0 Å². The highest BCUT2D eigenvalue weighted by atomic mass is 16.2. The average molecular weight is 303 g/mol. The summed E-state index contributed by atoms with van der Waals surface area (Å²) >= 11 is 0. The molecular weight excluding hydrogens is 286 g/mol. The highest BCUT2D eigenvalue weighted by Gasteiger charge is 2.23. The smallest absolute Gasteiger partial charge is 0.254 e. The Kier molecular flexibility index (Phi) is 3.42. The monoisotopic (exact) mass is 303 g/mol. The van der Waals surface area contributed by atoms with Crippen LogP contribution in [0.3, 0.4) is 0 Å². The van der Waals surface area contributed by atoms with Gasteiger partial charge in [-0.3, -0.25) is 4.79 Å². The van der Waals surface area contributed by atoms with E-state index in [1.54, 1.807) is 6.33 Å². The lowest BCUT2D eigenvalue weighted by molar-refractivity contribution is 0.0732. The van der Waals surface area contributed by atoms with Crippen LogP contribution >= 0.6 is 0 Å². The van der Waals surface area contributed by atoms with Crippen molar-refractivity contribution in [2.75, 3.05) is 6.54 Å². The topological polar surface area (TPSA) is 49.0 Å². The number of benzene rings is 2. The Morgan fingerprint density at radius 3 is 2.74 bits per heavy atom. The van der Waals surface area contributed by atoms with E-state index in [4.69, 9.17) is 0 Å². The van der Waals surface area contributed by atoms with Crippen LogP contribution in [-0.4, -0.2) is 27.3 Å². The zero-order valence-electron chi connectivity index (χ0n) is 12.7. The molecule has 1 N–H and O–H groups in total. The molecular formula is C19H17N3O. The van der Waals surface area contributed by atoms with Gasteiger partial charge in [0, 0.05) is 18.5 Å². The molecule has 4 rings (SSSR count). The van der Waals surface area contributed by atoms with E-state index in [0.717, 1.165) is 34.5 Å². The largest absolute Gasteiger partial charge is 0.347 e. The van der Waals surface area contributed by atoms with Crippen LogP contribution in [0.25, 0.3) is 11.1 Å². The predicted molar refractivity (Wildman–Crippen MR) is 88.9 cm³/mol. The zero-order chi connectivity index (χ0) is 15.6. The third-order valence-corrected chi connectivity index (χ3v) is 4.28. The molecule has 1 aliphatic heterocycles. The third kappa shape index (κ3) is 2.63. The maximum absolute atomic E-state index is 12.8. The molecule has 1 amide bonds. The normalized spacial score (nSPS) is 13.7. The number of H-pyrrole nitrogens is 1. The molecule has 0 radical (unpaired) electrons. The molecule has 114 valence electrons. The van der Waals surface area contributed by atoms with E-state index >= 15 is 0 Å². The van der Waals surface area contributed by atoms with E-state index < -0.39 is 0 Å². The minimum atomic E-state index is 0.0723. The van der Waals surface area contributed by atoms with Crippen LogP contribution in [0.5, 0.6) is 0 Å². The van der Waals surface area contributed by atoms with Gasteiger partial charge in [-0.2, -0.15) is 0 Å². The lowest BCUT2D eigenvalue weighted by atomic mass is 10.0. The van der Waals surface area contributed by atoms with Crippen molar-refractivity contribution >= 4 is 5.91 Å². The van der Waals surface area contributed by atoms with Crippen molar-refractivity contribution in [2.24, 2.45) is 0 Å². The predicted octanol–water partition coefficient (Wildman–Crippen LogP) is 3.28. The van der Waals surface area contributed by atoms with Crippen molar-refractivity contribution in [3.63, 3.8) is 0 Å². The van der Waals surface area contributed by atoms with Crippen LogP contribution in [0, 0.1) is 0 Å². The van der Waals surface area contributed by atoms with E-state index in [0.29, 0.717) is 13.1 Å². The summed E-state index contributed by atoms with van der Waals surface area (Å²) in [6.07, 6.45) is 2.51. The molecule has 4 heteroatoms. The fourth-order valence-electron chi connectivity index (χ4n) is 3.03. The van der Waals surface area contributed by atoms with E-state index in [9.17, 15) is 4.79 Å². The fraction of sp³-hybridized carbons (Fsp3) is 0.158. The first kappa shape index (κ1) is 13.8. The Morgan fingerprint density at radius 2 is 1.87 bits per heavy atom. The minimum Gasteiger partial charge on any atom is -0.347 e. The highest BCUT2D eigenvalue weighted by Crippen LogP contribution is 2.22. The van der Waals surface area contributed by atoms with Crippen LogP contribution in [0.4, 0.5) is 0 Å². The second kappa shape index (κ2) is 5.72. The second-order valence-electron chi connectivity index (χ2n) is 5.75. The minimum absolute atomic E-state index is 0.0723. The molecule has 0 saturated heterocycles. The lowest BCUT2D eigenvalue weighted by Crippen LogP contribution is -2.36. The van der Waals surface area contributed by atoms with Crippen molar-refractivity contribution in [1.29, 1.82) is 0 Å². The summed E-state index contributed by atoms with van der Waals surface area (Å²) in [7, 11) is 0. The van der Waals surface area contributed by atoms with Crippen molar-refractivity contribution in [3.8, 4) is 11.1 Å². The van der Waals surface area contributed by atoms with E-state index in [2.05, 4.69) is 22.1 Å². The van der Waals surface area contributed by atoms with Crippen molar-refractivity contribution in [3.05, 3.63) is 77.9 Å². The van der Waals surface area contributed by atoms with Gasteiger partial charge >= 0.3 is 0 Å². The Morgan fingerprint density at radius 1 is 1.04 bits per heavy atom. The lowest BCUT2D eigenvalue weighted by Gasteiger charge is -2.26. The fourth-order valence-corrected chi connectivity index (χ4v) is 3.03. The van der Waals surface area contributed by atoms with Gasteiger partial charge in [-0.1, -0.05) is 42.5 Å². The molecule has 1 aromatic heterocycles. The van der Waals surface area contributed by atoms with Crippen molar-refractivity contribution < 1.29 is 4.79 Å². The first-order valence-electron chi connectivity index (χ1n) is 7.77. The summed E-state index contributed by atoms with van der Waals surface area (Å²) in [6, 6.07) is 18.0. The van der Waals surface area contributed by atoms with Gasteiger partial charge in [0.25, 0.3) is 5.91 Å². The number of carbonyl (C=O) groups is 1. The number of fused-ring (bicyclic) bond motifs is 1.